The molecule has 0 aromatic carbocycles. The van der Waals surface area contributed by atoms with Gasteiger partial charge < -0.3 is 5.11 Å². The van der Waals surface area contributed by atoms with Gasteiger partial charge in [-0.05, 0) is 25.0 Å². The molecule has 0 spiro atoms. The number of rotatable bonds is 0. The second-order valence-corrected chi connectivity index (χ2v) is 3.56. The van der Waals surface area contributed by atoms with Crippen molar-refractivity contribution in [2.24, 2.45) is 0 Å². The first-order chi connectivity index (χ1) is 7.22. The van der Waals surface area contributed by atoms with Gasteiger partial charge in [-0.1, -0.05) is 29.8 Å². The molecule has 2 rings (SSSR count). The fourth-order valence-electron chi connectivity index (χ4n) is 1.65. The van der Waals surface area contributed by atoms with Crippen LogP contribution < -0.4 is 0 Å². The molecule has 2 bridgehead atoms. The van der Waals surface area contributed by atoms with Crippen LogP contribution in [0.4, 0.5) is 0 Å². The minimum absolute atomic E-state index is 0.286. The van der Waals surface area contributed by atoms with Gasteiger partial charge in [0.2, 0.25) is 5.78 Å². The molecule has 1 atom stereocenters. The summed E-state index contributed by atoms with van der Waals surface area (Å²) in [5.74, 6) is 10.6. The van der Waals surface area contributed by atoms with Gasteiger partial charge in [-0.2, -0.15) is 0 Å². The van der Waals surface area contributed by atoms with Gasteiger partial charge >= 0.3 is 0 Å². The van der Waals surface area contributed by atoms with E-state index in [2.05, 4.69) is 23.7 Å². The Hall–Kier alpha value is -1.77. The van der Waals surface area contributed by atoms with E-state index in [0.717, 1.165) is 0 Å². The highest BCUT2D eigenvalue weighted by Crippen LogP contribution is 2.26. The van der Waals surface area contributed by atoms with Gasteiger partial charge in [0, 0.05) is 12.0 Å². The first kappa shape index (κ1) is 9.77. The monoisotopic (exact) mass is 198 g/mol. The van der Waals surface area contributed by atoms with E-state index in [0.29, 0.717) is 24.8 Å². The molecule has 2 aliphatic rings. The van der Waals surface area contributed by atoms with Crippen molar-refractivity contribution in [2.75, 3.05) is 0 Å². The Labute approximate surface area is 88.7 Å². The molecule has 2 heteroatoms. The second kappa shape index (κ2) is 3.77. The Morgan fingerprint density at radius 2 is 2.13 bits per heavy atom. The van der Waals surface area contributed by atoms with Gasteiger partial charge in [-0.25, -0.2) is 0 Å². The fraction of sp³-hybridized carbons (Fsp3) is 0.308. The molecule has 15 heavy (non-hydrogen) atoms. The summed E-state index contributed by atoms with van der Waals surface area (Å²) < 4.78 is 0. The van der Waals surface area contributed by atoms with Crippen LogP contribution in [0.3, 0.4) is 0 Å². The van der Waals surface area contributed by atoms with E-state index in [1.54, 1.807) is 12.2 Å². The average molecular weight is 198 g/mol. The lowest BCUT2D eigenvalue weighted by Gasteiger charge is -2.25. The predicted molar refractivity (Wildman–Crippen MR) is 56.6 cm³/mol. The summed E-state index contributed by atoms with van der Waals surface area (Å²) in [4.78, 5) is 11.9. The lowest BCUT2D eigenvalue weighted by atomic mass is 9.82. The molecule has 1 unspecified atom stereocenters. The largest absolute Gasteiger partial charge is 0.371 e. The van der Waals surface area contributed by atoms with Crippen LogP contribution in [0.15, 0.2) is 23.8 Å². The van der Waals surface area contributed by atoms with Crippen molar-refractivity contribution in [3.05, 3.63) is 23.8 Å². The smallest absolute Gasteiger partial charge is 0.203 e. The molecule has 74 valence electrons. The zero-order chi connectivity index (χ0) is 10.7. The van der Waals surface area contributed by atoms with Crippen molar-refractivity contribution in [1.29, 1.82) is 0 Å². The van der Waals surface area contributed by atoms with Crippen molar-refractivity contribution >= 4 is 5.78 Å². The summed E-state index contributed by atoms with van der Waals surface area (Å²) in [6.45, 7) is 0. The van der Waals surface area contributed by atoms with Crippen molar-refractivity contribution in [3.8, 4) is 23.7 Å². The second-order valence-electron chi connectivity index (χ2n) is 3.56. The maximum Gasteiger partial charge on any atom is 0.203 e. The summed E-state index contributed by atoms with van der Waals surface area (Å²) in [5.41, 5.74) is -0.908. The lowest BCUT2D eigenvalue weighted by molar-refractivity contribution is -0.129. The summed E-state index contributed by atoms with van der Waals surface area (Å²) in [7, 11) is 0. The topological polar surface area (TPSA) is 37.3 Å². The summed E-state index contributed by atoms with van der Waals surface area (Å²) >= 11 is 0. The normalized spacial score (nSPS) is 30.2. The molecule has 0 amide bonds. The minimum atomic E-state index is -1.49. The number of hydrogen-bond donors (Lipinski definition) is 1. The third-order valence-corrected chi connectivity index (χ3v) is 2.47. The van der Waals surface area contributed by atoms with Crippen molar-refractivity contribution < 1.29 is 9.90 Å². The molecule has 0 aromatic heterocycles. The zero-order valence-electron chi connectivity index (χ0n) is 8.21. The van der Waals surface area contributed by atoms with Crippen molar-refractivity contribution in [3.63, 3.8) is 0 Å². The Balaban J connectivity index is 2.47. The number of ketones is 1. The first-order valence-corrected chi connectivity index (χ1v) is 4.85. The molecule has 2 aliphatic carbocycles. The van der Waals surface area contributed by atoms with Crippen LogP contribution in [0.5, 0.6) is 0 Å². The third kappa shape index (κ3) is 1.86. The maximum atomic E-state index is 11.9. The van der Waals surface area contributed by atoms with Crippen LogP contribution in [0.1, 0.15) is 19.3 Å². The average Bonchev–Trinajstić information content (AvgIpc) is 2.21. The van der Waals surface area contributed by atoms with Crippen LogP contribution in [-0.4, -0.2) is 16.5 Å². The van der Waals surface area contributed by atoms with Gasteiger partial charge in [0.15, 0.2) is 5.60 Å². The van der Waals surface area contributed by atoms with Gasteiger partial charge in [-0.3, -0.25) is 4.79 Å². The number of hydrogen-bond acceptors (Lipinski definition) is 2. The SMILES string of the molecule is O=C1C2=CCCC1(O)C#C/C=C/C#CC2. The minimum Gasteiger partial charge on any atom is -0.371 e. The van der Waals surface area contributed by atoms with Crippen LogP contribution in [0, 0.1) is 23.7 Å². The highest BCUT2D eigenvalue weighted by Gasteiger charge is 2.37. The molecule has 0 saturated carbocycles. The molecule has 0 heterocycles. The van der Waals surface area contributed by atoms with Crippen LogP contribution >= 0.6 is 0 Å². The zero-order valence-corrected chi connectivity index (χ0v) is 8.21. The van der Waals surface area contributed by atoms with E-state index in [1.165, 1.54) is 0 Å². The molecular weight excluding hydrogens is 188 g/mol. The van der Waals surface area contributed by atoms with E-state index in [9.17, 15) is 9.90 Å². The predicted octanol–water partition coefficient (Wildman–Crippen LogP) is 0.973. The number of carbonyl (C=O) groups excluding carboxylic acids is 1. The Morgan fingerprint density at radius 1 is 1.33 bits per heavy atom. The number of allylic oxidation sites excluding steroid dienone is 3. The quantitative estimate of drug-likeness (QED) is 0.589. The van der Waals surface area contributed by atoms with Crippen molar-refractivity contribution in [1.82, 2.24) is 0 Å². The summed E-state index contributed by atoms with van der Waals surface area (Å²) in [6.07, 6.45) is 6.48. The molecule has 0 aliphatic heterocycles. The molecule has 0 aromatic rings. The number of fused-ring (bicyclic) bond motifs is 2. The lowest BCUT2D eigenvalue weighted by Crippen LogP contribution is -2.40. The molecule has 0 fully saturated rings. The molecule has 0 saturated heterocycles. The van der Waals surface area contributed by atoms with E-state index < -0.39 is 5.60 Å². The van der Waals surface area contributed by atoms with Crippen LogP contribution in [0.2, 0.25) is 0 Å². The highest BCUT2D eigenvalue weighted by atomic mass is 16.3. The standard InChI is InChI=1S/C13H10O2/c14-12-11-7-4-2-1-3-5-9-13(12,15)10-6-8-11/h1,3,8,15H,6-7,10H2/b3-1+. The highest BCUT2D eigenvalue weighted by molar-refractivity contribution is 6.05. The van der Waals surface area contributed by atoms with E-state index >= 15 is 0 Å². The maximum absolute atomic E-state index is 11.9. The summed E-state index contributed by atoms with van der Waals surface area (Å²) in [6, 6.07) is 0. The van der Waals surface area contributed by atoms with E-state index in [4.69, 9.17) is 0 Å². The van der Waals surface area contributed by atoms with Crippen LogP contribution in [-0.2, 0) is 4.79 Å². The summed E-state index contributed by atoms with van der Waals surface area (Å²) in [5, 5.41) is 10.0. The fourth-order valence-corrected chi connectivity index (χ4v) is 1.65. The number of aliphatic hydroxyl groups is 1. The molecule has 1 N–H and O–H groups in total. The molecule has 0 radical (unpaired) electrons. The van der Waals surface area contributed by atoms with E-state index in [-0.39, 0.29) is 5.78 Å². The van der Waals surface area contributed by atoms with E-state index in [1.807, 2.05) is 6.08 Å². The third-order valence-electron chi connectivity index (χ3n) is 2.47. The van der Waals surface area contributed by atoms with Crippen LogP contribution in [0.25, 0.3) is 0 Å². The first-order valence-electron chi connectivity index (χ1n) is 4.85. The molecular formula is C13H10O2. The van der Waals surface area contributed by atoms with Gasteiger partial charge in [-0.15, -0.1) is 0 Å². The Morgan fingerprint density at radius 3 is 3.00 bits per heavy atom. The number of Topliss-reactive ketones (excluding diaryl/α,β-unsaturated/α-hetero) is 1. The number of carbonyl (C=O) groups is 1. The Kier molecular flexibility index (Phi) is 2.46. The Bertz CT molecular complexity index is 474. The van der Waals surface area contributed by atoms with Crippen molar-refractivity contribution in [2.45, 2.75) is 24.9 Å². The molecule has 2 nitrogen and oxygen atoms in total. The van der Waals surface area contributed by atoms with Gasteiger partial charge in [0.25, 0.3) is 0 Å². The van der Waals surface area contributed by atoms with Gasteiger partial charge in [0.1, 0.15) is 0 Å². The van der Waals surface area contributed by atoms with Gasteiger partial charge in [0.05, 0.1) is 0 Å².